The predicted molar refractivity (Wildman–Crippen MR) is 63.0 cm³/mol. The van der Waals surface area contributed by atoms with E-state index < -0.39 is 10.9 Å². The van der Waals surface area contributed by atoms with Crippen LogP contribution in [0.1, 0.15) is 37.7 Å². The second-order valence-corrected chi connectivity index (χ2v) is 3.93. The molecule has 0 bridgehead atoms. The van der Waals surface area contributed by atoms with Gasteiger partial charge in [-0.25, -0.2) is 0 Å². The van der Waals surface area contributed by atoms with Crippen molar-refractivity contribution in [3.8, 4) is 0 Å². The van der Waals surface area contributed by atoms with Gasteiger partial charge in [0.15, 0.2) is 0 Å². The maximum Gasteiger partial charge on any atom is 0.303 e. The van der Waals surface area contributed by atoms with E-state index in [1.165, 1.54) is 12.1 Å². The maximum absolute atomic E-state index is 10.7. The van der Waals surface area contributed by atoms with Crippen molar-refractivity contribution in [3.63, 3.8) is 0 Å². The van der Waals surface area contributed by atoms with Gasteiger partial charge in [0, 0.05) is 12.1 Å². The van der Waals surface area contributed by atoms with Crippen LogP contribution >= 0.6 is 0 Å². The first kappa shape index (κ1) is 13.2. The zero-order chi connectivity index (χ0) is 12.8. The molecular formula is C12H15NO4. The summed E-state index contributed by atoms with van der Waals surface area (Å²) in [7, 11) is 0. The Kier molecular flexibility index (Phi) is 4.63. The molecule has 0 aliphatic heterocycles. The number of non-ortho nitro benzene ring substituents is 1. The molecule has 92 valence electrons. The highest BCUT2D eigenvalue weighted by Gasteiger charge is 2.15. The highest BCUT2D eigenvalue weighted by Crippen LogP contribution is 2.26. The van der Waals surface area contributed by atoms with Gasteiger partial charge in [-0.3, -0.25) is 14.9 Å². The molecule has 5 nitrogen and oxygen atoms in total. The zero-order valence-electron chi connectivity index (χ0n) is 9.63. The van der Waals surface area contributed by atoms with Crippen LogP contribution in [0.15, 0.2) is 24.3 Å². The molecule has 1 aromatic rings. The Morgan fingerprint density at radius 3 is 2.41 bits per heavy atom. The number of aliphatic carboxylic acids is 1. The number of nitro groups is 1. The Balaban J connectivity index is 2.86. The third-order valence-corrected chi connectivity index (χ3v) is 2.63. The van der Waals surface area contributed by atoms with Gasteiger partial charge in [0.05, 0.1) is 11.3 Å². The van der Waals surface area contributed by atoms with E-state index in [-0.39, 0.29) is 18.0 Å². The summed E-state index contributed by atoms with van der Waals surface area (Å²) in [5.74, 6) is -0.917. The maximum atomic E-state index is 10.7. The molecule has 0 saturated heterocycles. The van der Waals surface area contributed by atoms with Gasteiger partial charge < -0.3 is 5.11 Å². The summed E-state index contributed by atoms with van der Waals surface area (Å²) in [6, 6.07) is 6.11. The topological polar surface area (TPSA) is 80.4 Å². The third kappa shape index (κ3) is 3.86. The number of carbonyl (C=O) groups is 1. The van der Waals surface area contributed by atoms with E-state index in [9.17, 15) is 14.9 Å². The Hall–Kier alpha value is -1.91. The second kappa shape index (κ2) is 5.98. The summed E-state index contributed by atoms with van der Waals surface area (Å²) in [6.45, 7) is 1.99. The standard InChI is InChI=1S/C12H15NO4/c1-2-3-10(8-12(14)15)9-4-6-11(7-5-9)13(16)17/h4-7,10H,2-3,8H2,1H3,(H,14,15)/t10-/m0/s1. The Bertz CT molecular complexity index is 399. The van der Waals surface area contributed by atoms with Crippen molar-refractivity contribution in [1.29, 1.82) is 0 Å². The number of hydrogen-bond acceptors (Lipinski definition) is 3. The molecule has 0 aliphatic rings. The second-order valence-electron chi connectivity index (χ2n) is 3.93. The van der Waals surface area contributed by atoms with Gasteiger partial charge in [-0.05, 0) is 17.9 Å². The van der Waals surface area contributed by atoms with Crippen LogP contribution in [-0.2, 0) is 4.79 Å². The third-order valence-electron chi connectivity index (χ3n) is 2.63. The minimum Gasteiger partial charge on any atom is -0.481 e. The van der Waals surface area contributed by atoms with Crippen molar-refractivity contribution in [1.82, 2.24) is 0 Å². The van der Waals surface area contributed by atoms with E-state index in [0.717, 1.165) is 18.4 Å². The van der Waals surface area contributed by atoms with E-state index in [4.69, 9.17) is 5.11 Å². The summed E-state index contributed by atoms with van der Waals surface area (Å²) < 4.78 is 0. The van der Waals surface area contributed by atoms with Crippen molar-refractivity contribution in [2.24, 2.45) is 0 Å². The predicted octanol–water partition coefficient (Wildman–Crippen LogP) is 2.95. The van der Waals surface area contributed by atoms with Crippen molar-refractivity contribution >= 4 is 11.7 Å². The van der Waals surface area contributed by atoms with Crippen LogP contribution in [-0.4, -0.2) is 16.0 Å². The molecule has 1 N–H and O–H groups in total. The lowest BCUT2D eigenvalue weighted by molar-refractivity contribution is -0.384. The summed E-state index contributed by atoms with van der Waals surface area (Å²) in [5, 5.41) is 19.3. The molecule has 0 heterocycles. The fraction of sp³-hybridized carbons (Fsp3) is 0.417. The largest absolute Gasteiger partial charge is 0.481 e. The molecule has 0 amide bonds. The lowest BCUT2D eigenvalue weighted by Crippen LogP contribution is -2.06. The zero-order valence-corrected chi connectivity index (χ0v) is 9.63. The van der Waals surface area contributed by atoms with Gasteiger partial charge in [-0.1, -0.05) is 25.5 Å². The van der Waals surface area contributed by atoms with Crippen LogP contribution in [0.25, 0.3) is 0 Å². The number of rotatable bonds is 6. The summed E-state index contributed by atoms with van der Waals surface area (Å²) in [6.07, 6.45) is 1.71. The number of nitro benzene ring substituents is 1. The summed E-state index contributed by atoms with van der Waals surface area (Å²) >= 11 is 0. The van der Waals surface area contributed by atoms with Crippen molar-refractivity contribution in [2.45, 2.75) is 32.1 Å². The molecule has 0 fully saturated rings. The van der Waals surface area contributed by atoms with Gasteiger partial charge in [0.1, 0.15) is 0 Å². The Morgan fingerprint density at radius 2 is 2.00 bits per heavy atom. The van der Waals surface area contributed by atoms with E-state index in [1.54, 1.807) is 12.1 Å². The molecule has 5 heteroatoms. The Morgan fingerprint density at radius 1 is 1.41 bits per heavy atom. The molecule has 0 saturated carbocycles. The normalized spacial score (nSPS) is 12.1. The van der Waals surface area contributed by atoms with E-state index >= 15 is 0 Å². The quantitative estimate of drug-likeness (QED) is 0.609. The SMILES string of the molecule is CCC[C@@H](CC(=O)O)c1ccc([N+](=O)[O-])cc1. The molecule has 0 radical (unpaired) electrons. The van der Waals surface area contributed by atoms with Crippen LogP contribution in [0.2, 0.25) is 0 Å². The van der Waals surface area contributed by atoms with Crippen molar-refractivity contribution in [2.75, 3.05) is 0 Å². The van der Waals surface area contributed by atoms with E-state index in [1.807, 2.05) is 6.92 Å². The average molecular weight is 237 g/mol. The van der Waals surface area contributed by atoms with E-state index in [0.29, 0.717) is 0 Å². The highest BCUT2D eigenvalue weighted by atomic mass is 16.6. The molecular weight excluding hydrogens is 222 g/mol. The van der Waals surface area contributed by atoms with Crippen molar-refractivity contribution in [3.05, 3.63) is 39.9 Å². The highest BCUT2D eigenvalue weighted by molar-refractivity contribution is 5.68. The number of carboxylic acids is 1. The molecule has 17 heavy (non-hydrogen) atoms. The molecule has 0 aliphatic carbocycles. The number of carboxylic acid groups (broad SMARTS) is 1. The van der Waals surface area contributed by atoms with Gasteiger partial charge >= 0.3 is 5.97 Å². The van der Waals surface area contributed by atoms with Gasteiger partial charge in [-0.2, -0.15) is 0 Å². The monoisotopic (exact) mass is 237 g/mol. The van der Waals surface area contributed by atoms with Crippen LogP contribution < -0.4 is 0 Å². The van der Waals surface area contributed by atoms with Crippen LogP contribution in [0.4, 0.5) is 5.69 Å². The number of nitrogens with zero attached hydrogens (tertiary/aromatic N) is 1. The minimum atomic E-state index is -0.846. The van der Waals surface area contributed by atoms with Gasteiger partial charge in [0.2, 0.25) is 0 Å². The first-order valence-corrected chi connectivity index (χ1v) is 5.50. The van der Waals surface area contributed by atoms with Crippen LogP contribution in [0.5, 0.6) is 0 Å². The lowest BCUT2D eigenvalue weighted by atomic mass is 9.91. The molecule has 0 spiro atoms. The van der Waals surface area contributed by atoms with Gasteiger partial charge in [-0.15, -0.1) is 0 Å². The Labute approximate surface area is 99.2 Å². The van der Waals surface area contributed by atoms with Crippen LogP contribution in [0.3, 0.4) is 0 Å². The molecule has 1 rings (SSSR count). The fourth-order valence-electron chi connectivity index (χ4n) is 1.81. The number of benzene rings is 1. The average Bonchev–Trinajstić information content (AvgIpc) is 2.28. The lowest BCUT2D eigenvalue weighted by Gasteiger charge is -2.13. The summed E-state index contributed by atoms with van der Waals surface area (Å²) in [5.41, 5.74) is 0.874. The molecule has 1 aromatic carbocycles. The minimum absolute atomic E-state index is 0.0272. The molecule has 1 atom stereocenters. The van der Waals surface area contributed by atoms with Crippen molar-refractivity contribution < 1.29 is 14.8 Å². The molecule has 0 unspecified atom stereocenters. The fourth-order valence-corrected chi connectivity index (χ4v) is 1.81. The first-order valence-electron chi connectivity index (χ1n) is 5.50. The van der Waals surface area contributed by atoms with Gasteiger partial charge in [0.25, 0.3) is 5.69 Å². The smallest absolute Gasteiger partial charge is 0.303 e. The number of hydrogen-bond donors (Lipinski definition) is 1. The summed E-state index contributed by atoms with van der Waals surface area (Å²) in [4.78, 5) is 20.8. The first-order chi connectivity index (χ1) is 8.04. The van der Waals surface area contributed by atoms with Crippen LogP contribution in [0, 0.1) is 10.1 Å². The molecule has 0 aromatic heterocycles. The van der Waals surface area contributed by atoms with E-state index in [2.05, 4.69) is 0 Å².